The molecular formula is C21H25N3O7. The van der Waals surface area contributed by atoms with E-state index in [2.05, 4.69) is 5.32 Å². The number of nitro benzene ring substituents is 1. The van der Waals surface area contributed by atoms with Crippen molar-refractivity contribution in [3.05, 3.63) is 62.5 Å². The number of carbonyl (C=O) groups is 3. The Kier molecular flexibility index (Phi) is 7.51. The molecule has 0 spiro atoms. The van der Waals surface area contributed by atoms with Gasteiger partial charge in [0.2, 0.25) is 0 Å². The topological polar surface area (TPSA) is 128 Å². The molecule has 0 aliphatic carbocycles. The molecule has 1 aliphatic heterocycles. The predicted molar refractivity (Wildman–Crippen MR) is 111 cm³/mol. The van der Waals surface area contributed by atoms with Crippen LogP contribution in [0.4, 0.5) is 5.69 Å². The van der Waals surface area contributed by atoms with Crippen LogP contribution in [0, 0.1) is 10.1 Å². The molecule has 1 N–H and O–H groups in total. The maximum absolute atomic E-state index is 13.0. The molecule has 0 aromatic heterocycles. The SMILES string of the molecule is CCOC(=O)C1=C(C)NC(C(=O)N(C)C)=C(C(=O)OCC)C1c1cccc([N+](=O)[O-])c1. The number of dihydropyridines is 1. The van der Waals surface area contributed by atoms with Crippen LogP contribution < -0.4 is 5.32 Å². The van der Waals surface area contributed by atoms with Crippen LogP contribution in [-0.4, -0.2) is 55.0 Å². The van der Waals surface area contributed by atoms with Crippen LogP contribution in [0.5, 0.6) is 0 Å². The van der Waals surface area contributed by atoms with Gasteiger partial charge < -0.3 is 19.7 Å². The number of ether oxygens (including phenoxy) is 2. The number of allylic oxidation sites excluding steroid dienone is 1. The van der Waals surface area contributed by atoms with Gasteiger partial charge in [-0.15, -0.1) is 0 Å². The Hall–Kier alpha value is -3.69. The Morgan fingerprint density at radius 3 is 2.19 bits per heavy atom. The molecule has 10 heteroatoms. The monoisotopic (exact) mass is 431 g/mol. The van der Waals surface area contributed by atoms with Gasteiger partial charge in [-0.05, 0) is 26.3 Å². The van der Waals surface area contributed by atoms with Crippen molar-refractivity contribution < 1.29 is 28.8 Å². The van der Waals surface area contributed by atoms with E-state index in [9.17, 15) is 24.5 Å². The van der Waals surface area contributed by atoms with Crippen molar-refractivity contribution in [2.45, 2.75) is 26.7 Å². The van der Waals surface area contributed by atoms with E-state index < -0.39 is 28.7 Å². The van der Waals surface area contributed by atoms with Crippen molar-refractivity contribution in [2.75, 3.05) is 27.3 Å². The molecule has 0 saturated heterocycles. The molecule has 31 heavy (non-hydrogen) atoms. The van der Waals surface area contributed by atoms with E-state index in [-0.39, 0.29) is 41.3 Å². The van der Waals surface area contributed by atoms with Crippen LogP contribution in [0.15, 0.2) is 46.8 Å². The van der Waals surface area contributed by atoms with Gasteiger partial charge in [-0.3, -0.25) is 14.9 Å². The minimum absolute atomic E-state index is 0.0326. The molecule has 1 heterocycles. The van der Waals surface area contributed by atoms with Crippen molar-refractivity contribution in [1.82, 2.24) is 10.2 Å². The van der Waals surface area contributed by atoms with Gasteiger partial charge in [-0.25, -0.2) is 9.59 Å². The van der Waals surface area contributed by atoms with E-state index in [1.807, 2.05) is 0 Å². The minimum atomic E-state index is -1.10. The van der Waals surface area contributed by atoms with Crippen LogP contribution in [-0.2, 0) is 23.9 Å². The van der Waals surface area contributed by atoms with Gasteiger partial charge >= 0.3 is 11.9 Å². The van der Waals surface area contributed by atoms with Crippen LogP contribution in [0.2, 0.25) is 0 Å². The third kappa shape index (κ3) is 4.90. The lowest BCUT2D eigenvalue weighted by Crippen LogP contribution is -2.39. The summed E-state index contributed by atoms with van der Waals surface area (Å²) in [4.78, 5) is 50.7. The summed E-state index contributed by atoms with van der Waals surface area (Å²) in [5.74, 6) is -3.13. The first-order valence-corrected chi connectivity index (χ1v) is 9.66. The highest BCUT2D eigenvalue weighted by molar-refractivity contribution is 6.07. The Labute approximate surface area is 179 Å². The summed E-state index contributed by atoms with van der Waals surface area (Å²) < 4.78 is 10.3. The average molecular weight is 431 g/mol. The number of nitro groups is 1. The van der Waals surface area contributed by atoms with E-state index in [0.717, 1.165) is 0 Å². The fourth-order valence-electron chi connectivity index (χ4n) is 3.28. The van der Waals surface area contributed by atoms with Gasteiger partial charge in [0, 0.05) is 31.9 Å². The summed E-state index contributed by atoms with van der Waals surface area (Å²) in [6, 6.07) is 5.56. The molecule has 0 radical (unpaired) electrons. The summed E-state index contributed by atoms with van der Waals surface area (Å²) in [6.07, 6.45) is 0. The number of hydrogen-bond acceptors (Lipinski definition) is 8. The van der Waals surface area contributed by atoms with Gasteiger partial charge in [0.15, 0.2) is 0 Å². The van der Waals surface area contributed by atoms with Gasteiger partial charge in [0.05, 0.1) is 35.2 Å². The maximum Gasteiger partial charge on any atom is 0.337 e. The summed E-state index contributed by atoms with van der Waals surface area (Å²) in [7, 11) is 3.03. The average Bonchev–Trinajstić information content (AvgIpc) is 2.72. The van der Waals surface area contributed by atoms with Crippen molar-refractivity contribution in [1.29, 1.82) is 0 Å². The number of nitrogens with one attached hydrogen (secondary N) is 1. The first-order valence-electron chi connectivity index (χ1n) is 9.66. The van der Waals surface area contributed by atoms with Crippen molar-refractivity contribution in [2.24, 2.45) is 0 Å². The number of hydrogen-bond donors (Lipinski definition) is 1. The van der Waals surface area contributed by atoms with Gasteiger partial charge in [-0.1, -0.05) is 12.1 Å². The number of rotatable bonds is 7. The second-order valence-electron chi connectivity index (χ2n) is 6.88. The maximum atomic E-state index is 13.0. The van der Waals surface area contributed by atoms with Crippen molar-refractivity contribution in [3.63, 3.8) is 0 Å². The highest BCUT2D eigenvalue weighted by atomic mass is 16.6. The number of likely N-dealkylation sites (N-methyl/N-ethyl adjacent to an activating group) is 1. The van der Waals surface area contributed by atoms with E-state index in [1.165, 1.54) is 37.2 Å². The molecule has 1 unspecified atom stereocenters. The molecule has 0 fully saturated rings. The molecule has 10 nitrogen and oxygen atoms in total. The largest absolute Gasteiger partial charge is 0.463 e. The van der Waals surface area contributed by atoms with Crippen LogP contribution in [0.25, 0.3) is 0 Å². The van der Waals surface area contributed by atoms with E-state index in [4.69, 9.17) is 9.47 Å². The zero-order chi connectivity index (χ0) is 23.3. The molecule has 1 aliphatic rings. The fourth-order valence-corrected chi connectivity index (χ4v) is 3.28. The Bertz CT molecular complexity index is 979. The third-order valence-electron chi connectivity index (χ3n) is 4.59. The van der Waals surface area contributed by atoms with Crippen LogP contribution in [0.3, 0.4) is 0 Å². The predicted octanol–water partition coefficient (Wildman–Crippen LogP) is 2.02. The van der Waals surface area contributed by atoms with E-state index in [1.54, 1.807) is 26.8 Å². The Morgan fingerprint density at radius 2 is 1.68 bits per heavy atom. The summed E-state index contributed by atoms with van der Waals surface area (Å²) >= 11 is 0. The smallest absolute Gasteiger partial charge is 0.337 e. The molecule has 1 aromatic carbocycles. The highest BCUT2D eigenvalue weighted by Crippen LogP contribution is 2.40. The van der Waals surface area contributed by atoms with Crippen LogP contribution >= 0.6 is 0 Å². The van der Waals surface area contributed by atoms with Crippen molar-refractivity contribution >= 4 is 23.5 Å². The van der Waals surface area contributed by atoms with E-state index >= 15 is 0 Å². The quantitative estimate of drug-likeness (QED) is 0.394. The van der Waals surface area contributed by atoms with Gasteiger partial charge in [-0.2, -0.15) is 0 Å². The normalized spacial score (nSPS) is 15.8. The molecule has 1 aromatic rings. The first kappa shape index (κ1) is 23.6. The molecule has 1 atom stereocenters. The molecule has 2 rings (SSSR count). The lowest BCUT2D eigenvalue weighted by molar-refractivity contribution is -0.384. The minimum Gasteiger partial charge on any atom is -0.463 e. The number of amides is 1. The number of nitrogens with zero attached hydrogens (tertiary/aromatic N) is 2. The summed E-state index contributed by atoms with van der Waals surface area (Å²) in [6.45, 7) is 4.93. The van der Waals surface area contributed by atoms with E-state index in [0.29, 0.717) is 5.70 Å². The number of carbonyl (C=O) groups excluding carboxylic acids is 3. The highest BCUT2D eigenvalue weighted by Gasteiger charge is 2.41. The second kappa shape index (κ2) is 9.88. The lowest BCUT2D eigenvalue weighted by Gasteiger charge is -2.31. The van der Waals surface area contributed by atoms with Crippen LogP contribution in [0.1, 0.15) is 32.3 Å². The second-order valence-corrected chi connectivity index (χ2v) is 6.88. The number of benzene rings is 1. The zero-order valence-corrected chi connectivity index (χ0v) is 18.1. The first-order chi connectivity index (χ1) is 14.6. The Balaban J connectivity index is 2.85. The Morgan fingerprint density at radius 1 is 1.10 bits per heavy atom. The zero-order valence-electron chi connectivity index (χ0n) is 18.1. The third-order valence-corrected chi connectivity index (χ3v) is 4.59. The molecular weight excluding hydrogens is 406 g/mol. The standard InChI is InChI=1S/C21H25N3O7/c1-6-30-20(26)15-12(3)22-18(19(25)23(4)5)17(21(27)31-7-2)16(15)13-9-8-10-14(11-13)24(28)29/h8-11,16,22H,6-7H2,1-5H3. The summed E-state index contributed by atoms with van der Waals surface area (Å²) in [5, 5.41) is 14.2. The lowest BCUT2D eigenvalue weighted by atomic mass is 9.80. The molecule has 1 amide bonds. The van der Waals surface area contributed by atoms with Crippen molar-refractivity contribution in [3.8, 4) is 0 Å². The molecule has 0 bridgehead atoms. The fraction of sp³-hybridized carbons (Fsp3) is 0.381. The number of esters is 2. The number of non-ortho nitro benzene ring substituents is 1. The van der Waals surface area contributed by atoms with Gasteiger partial charge in [0.1, 0.15) is 5.70 Å². The van der Waals surface area contributed by atoms with Gasteiger partial charge in [0.25, 0.3) is 11.6 Å². The molecule has 166 valence electrons. The summed E-state index contributed by atoms with van der Waals surface area (Å²) in [5.41, 5.74) is 0.250. The molecule has 0 saturated carbocycles.